The van der Waals surface area contributed by atoms with E-state index in [0.29, 0.717) is 6.54 Å². The number of methoxy groups -OCH3 is 1. The standard InChI is InChI=1S/C14H20N2O2.ClH/c1-18-13-5-3-2-4-11(13)7-9-16-14(17)12-6-8-15-10-12;/h2-5,12,15H,6-10H2,1H3,(H,16,17);1H. The summed E-state index contributed by atoms with van der Waals surface area (Å²) in [6.07, 6.45) is 1.75. The fourth-order valence-electron chi connectivity index (χ4n) is 2.25. The van der Waals surface area contributed by atoms with Crippen molar-refractivity contribution in [2.45, 2.75) is 12.8 Å². The Balaban J connectivity index is 0.00000180. The third-order valence-corrected chi connectivity index (χ3v) is 3.32. The van der Waals surface area contributed by atoms with Crippen LogP contribution in [-0.2, 0) is 11.2 Å². The van der Waals surface area contributed by atoms with E-state index in [4.69, 9.17) is 4.74 Å². The minimum Gasteiger partial charge on any atom is -0.496 e. The molecule has 1 amide bonds. The van der Waals surface area contributed by atoms with Crippen LogP contribution in [0.15, 0.2) is 24.3 Å². The molecule has 1 atom stereocenters. The summed E-state index contributed by atoms with van der Waals surface area (Å²) in [5.41, 5.74) is 1.13. The summed E-state index contributed by atoms with van der Waals surface area (Å²) in [5, 5.41) is 6.19. The largest absolute Gasteiger partial charge is 0.496 e. The third kappa shape index (κ3) is 4.40. The molecule has 4 nitrogen and oxygen atoms in total. The molecule has 0 saturated carbocycles. The maximum atomic E-state index is 11.8. The summed E-state index contributed by atoms with van der Waals surface area (Å²) in [6.45, 7) is 2.42. The zero-order valence-corrected chi connectivity index (χ0v) is 12.0. The number of rotatable bonds is 5. The van der Waals surface area contributed by atoms with Crippen LogP contribution in [0.1, 0.15) is 12.0 Å². The number of amides is 1. The molecule has 1 aromatic carbocycles. The molecule has 2 N–H and O–H groups in total. The zero-order valence-electron chi connectivity index (χ0n) is 11.1. The van der Waals surface area contributed by atoms with Crippen molar-refractivity contribution in [2.24, 2.45) is 5.92 Å². The highest BCUT2D eigenvalue weighted by atomic mass is 35.5. The lowest BCUT2D eigenvalue weighted by molar-refractivity contribution is -0.124. The Labute approximate surface area is 120 Å². The normalized spacial score (nSPS) is 17.6. The second kappa shape index (κ2) is 8.02. The number of ether oxygens (including phenoxy) is 1. The predicted octanol–water partition coefficient (Wildman–Crippen LogP) is 1.39. The molecule has 106 valence electrons. The topological polar surface area (TPSA) is 50.4 Å². The maximum absolute atomic E-state index is 11.8. The Hall–Kier alpha value is -1.26. The van der Waals surface area contributed by atoms with E-state index < -0.39 is 0 Å². The second-order valence-corrected chi connectivity index (χ2v) is 4.54. The Morgan fingerprint density at radius 2 is 2.26 bits per heavy atom. The summed E-state index contributed by atoms with van der Waals surface area (Å²) in [6, 6.07) is 7.91. The van der Waals surface area contributed by atoms with E-state index >= 15 is 0 Å². The first-order valence-corrected chi connectivity index (χ1v) is 6.41. The van der Waals surface area contributed by atoms with Gasteiger partial charge in [-0.15, -0.1) is 12.4 Å². The number of carbonyl (C=O) groups excluding carboxylic acids is 1. The van der Waals surface area contributed by atoms with Gasteiger partial charge in [-0.25, -0.2) is 0 Å². The monoisotopic (exact) mass is 284 g/mol. The van der Waals surface area contributed by atoms with Crippen molar-refractivity contribution >= 4 is 18.3 Å². The molecule has 1 heterocycles. The van der Waals surface area contributed by atoms with Gasteiger partial charge in [-0.2, -0.15) is 0 Å². The lowest BCUT2D eigenvalue weighted by Gasteiger charge is -2.11. The number of carbonyl (C=O) groups is 1. The van der Waals surface area contributed by atoms with Gasteiger partial charge in [-0.05, 0) is 31.0 Å². The van der Waals surface area contributed by atoms with Gasteiger partial charge >= 0.3 is 0 Å². The van der Waals surface area contributed by atoms with Gasteiger partial charge in [0.15, 0.2) is 0 Å². The Morgan fingerprint density at radius 1 is 1.47 bits per heavy atom. The van der Waals surface area contributed by atoms with E-state index in [1.807, 2.05) is 24.3 Å². The highest BCUT2D eigenvalue weighted by molar-refractivity contribution is 5.85. The van der Waals surface area contributed by atoms with Crippen molar-refractivity contribution < 1.29 is 9.53 Å². The van der Waals surface area contributed by atoms with Gasteiger partial charge in [0.1, 0.15) is 5.75 Å². The number of hydrogen-bond donors (Lipinski definition) is 2. The van der Waals surface area contributed by atoms with E-state index in [9.17, 15) is 4.79 Å². The predicted molar refractivity (Wildman–Crippen MR) is 77.9 cm³/mol. The lowest BCUT2D eigenvalue weighted by atomic mass is 10.1. The molecular formula is C14H21ClN2O2. The average molecular weight is 285 g/mol. The van der Waals surface area contributed by atoms with Crippen molar-refractivity contribution in [1.82, 2.24) is 10.6 Å². The summed E-state index contributed by atoms with van der Waals surface area (Å²) in [5.74, 6) is 1.19. The highest BCUT2D eigenvalue weighted by Gasteiger charge is 2.21. The molecule has 0 radical (unpaired) electrons. The Bertz CT molecular complexity index is 406. The van der Waals surface area contributed by atoms with Crippen LogP contribution in [0.4, 0.5) is 0 Å². The van der Waals surface area contributed by atoms with Crippen molar-refractivity contribution in [2.75, 3.05) is 26.7 Å². The molecule has 1 saturated heterocycles. The minimum absolute atomic E-state index is 0. The molecule has 5 heteroatoms. The molecule has 1 fully saturated rings. The van der Waals surface area contributed by atoms with Crippen LogP contribution in [0.5, 0.6) is 5.75 Å². The fraction of sp³-hybridized carbons (Fsp3) is 0.500. The van der Waals surface area contributed by atoms with Crippen LogP contribution in [0, 0.1) is 5.92 Å². The van der Waals surface area contributed by atoms with Gasteiger partial charge in [0.05, 0.1) is 13.0 Å². The second-order valence-electron chi connectivity index (χ2n) is 4.54. The van der Waals surface area contributed by atoms with E-state index in [-0.39, 0.29) is 24.2 Å². The molecule has 1 unspecified atom stereocenters. The summed E-state index contributed by atoms with van der Waals surface area (Å²) in [7, 11) is 1.67. The zero-order chi connectivity index (χ0) is 12.8. The number of halogens is 1. The van der Waals surface area contributed by atoms with Crippen molar-refractivity contribution in [1.29, 1.82) is 0 Å². The first-order chi connectivity index (χ1) is 8.81. The van der Waals surface area contributed by atoms with E-state index in [1.165, 1.54) is 0 Å². The minimum atomic E-state index is 0. The first-order valence-electron chi connectivity index (χ1n) is 6.41. The summed E-state index contributed by atoms with van der Waals surface area (Å²) in [4.78, 5) is 11.8. The molecule has 0 bridgehead atoms. The number of hydrogen-bond acceptors (Lipinski definition) is 3. The van der Waals surface area contributed by atoms with Crippen LogP contribution in [0.3, 0.4) is 0 Å². The van der Waals surface area contributed by atoms with E-state index in [2.05, 4.69) is 10.6 Å². The molecule has 1 aliphatic heterocycles. The van der Waals surface area contributed by atoms with Gasteiger partial charge in [0, 0.05) is 13.1 Å². The number of para-hydroxylation sites is 1. The highest BCUT2D eigenvalue weighted by Crippen LogP contribution is 2.17. The van der Waals surface area contributed by atoms with Crippen LogP contribution in [0.2, 0.25) is 0 Å². The molecular weight excluding hydrogens is 264 g/mol. The van der Waals surface area contributed by atoms with Crippen LogP contribution in [0.25, 0.3) is 0 Å². The van der Waals surface area contributed by atoms with Crippen molar-refractivity contribution in [3.63, 3.8) is 0 Å². The van der Waals surface area contributed by atoms with Gasteiger partial charge in [-0.3, -0.25) is 4.79 Å². The van der Waals surface area contributed by atoms with Gasteiger partial charge in [0.2, 0.25) is 5.91 Å². The van der Waals surface area contributed by atoms with Crippen molar-refractivity contribution in [3.8, 4) is 5.75 Å². The molecule has 1 aromatic rings. The van der Waals surface area contributed by atoms with Gasteiger partial charge in [-0.1, -0.05) is 18.2 Å². The molecule has 0 spiro atoms. The lowest BCUT2D eigenvalue weighted by Crippen LogP contribution is -2.33. The van der Waals surface area contributed by atoms with Crippen LogP contribution < -0.4 is 15.4 Å². The molecule has 0 aromatic heterocycles. The SMILES string of the molecule is COc1ccccc1CCNC(=O)C1CCNC1.Cl. The number of benzene rings is 1. The van der Waals surface area contributed by atoms with Crippen LogP contribution >= 0.6 is 12.4 Å². The summed E-state index contributed by atoms with van der Waals surface area (Å²) >= 11 is 0. The molecule has 19 heavy (non-hydrogen) atoms. The molecule has 0 aliphatic carbocycles. The van der Waals surface area contributed by atoms with E-state index in [0.717, 1.165) is 37.2 Å². The Morgan fingerprint density at radius 3 is 2.95 bits per heavy atom. The summed E-state index contributed by atoms with van der Waals surface area (Å²) < 4.78 is 5.28. The van der Waals surface area contributed by atoms with Gasteiger partial charge < -0.3 is 15.4 Å². The van der Waals surface area contributed by atoms with Crippen molar-refractivity contribution in [3.05, 3.63) is 29.8 Å². The maximum Gasteiger partial charge on any atom is 0.224 e. The molecule has 1 aliphatic rings. The fourth-order valence-corrected chi connectivity index (χ4v) is 2.25. The average Bonchev–Trinajstić information content (AvgIpc) is 2.93. The third-order valence-electron chi connectivity index (χ3n) is 3.32. The van der Waals surface area contributed by atoms with Crippen LogP contribution in [-0.4, -0.2) is 32.7 Å². The van der Waals surface area contributed by atoms with E-state index in [1.54, 1.807) is 7.11 Å². The number of nitrogens with one attached hydrogen (secondary N) is 2. The smallest absolute Gasteiger partial charge is 0.224 e. The quantitative estimate of drug-likeness (QED) is 0.859. The Kier molecular flexibility index (Phi) is 6.67. The first kappa shape index (κ1) is 15.8. The molecule has 2 rings (SSSR count). The van der Waals surface area contributed by atoms with Gasteiger partial charge in [0.25, 0.3) is 0 Å².